The van der Waals surface area contributed by atoms with Crippen LogP contribution in [0.15, 0.2) is 47.5 Å². The number of hydrogen-bond donors (Lipinski definition) is 3. The van der Waals surface area contributed by atoms with Gasteiger partial charge in [0.2, 0.25) is 0 Å². The number of halogens is 1. The molecule has 1 unspecified atom stereocenters. The molecule has 0 aliphatic carbocycles. The SMILES string of the molecule is CN=C(NCc1nc2ccc(C)cc2[nH]1)NC(C)c1cccc(N2CCCC2)c1.I. The number of nitrogens with zero attached hydrogens (tertiary/aromatic N) is 3. The fourth-order valence-corrected chi connectivity index (χ4v) is 3.88. The predicted molar refractivity (Wildman–Crippen MR) is 136 cm³/mol. The molecule has 7 heteroatoms. The summed E-state index contributed by atoms with van der Waals surface area (Å²) in [5.74, 6) is 1.66. The zero-order chi connectivity index (χ0) is 20.2. The van der Waals surface area contributed by atoms with Crippen molar-refractivity contribution in [3.05, 3.63) is 59.4 Å². The maximum atomic E-state index is 4.65. The molecule has 6 nitrogen and oxygen atoms in total. The minimum absolute atomic E-state index is 0. The van der Waals surface area contributed by atoms with Crippen molar-refractivity contribution in [1.29, 1.82) is 0 Å². The number of H-pyrrole nitrogens is 1. The van der Waals surface area contributed by atoms with Crippen LogP contribution in [0.5, 0.6) is 0 Å². The molecule has 4 rings (SSSR count). The van der Waals surface area contributed by atoms with Gasteiger partial charge in [0.05, 0.1) is 23.6 Å². The van der Waals surface area contributed by atoms with Crippen molar-refractivity contribution in [3.63, 3.8) is 0 Å². The molecular formula is C23H31IN6. The van der Waals surface area contributed by atoms with Crippen LogP contribution in [0.3, 0.4) is 0 Å². The fraction of sp³-hybridized carbons (Fsp3) is 0.391. The van der Waals surface area contributed by atoms with Gasteiger partial charge < -0.3 is 20.5 Å². The Morgan fingerprint density at radius 1 is 1.20 bits per heavy atom. The molecule has 0 bridgehead atoms. The van der Waals surface area contributed by atoms with Crippen LogP contribution in [0, 0.1) is 6.92 Å². The van der Waals surface area contributed by atoms with E-state index in [1.165, 1.54) is 29.7 Å². The number of fused-ring (bicyclic) bond motifs is 1. The summed E-state index contributed by atoms with van der Waals surface area (Å²) < 4.78 is 0. The molecule has 2 heterocycles. The molecule has 1 aliphatic heterocycles. The Hall–Kier alpha value is -2.29. The molecule has 1 aliphatic rings. The van der Waals surface area contributed by atoms with E-state index < -0.39 is 0 Å². The van der Waals surface area contributed by atoms with E-state index in [0.717, 1.165) is 35.9 Å². The highest BCUT2D eigenvalue weighted by molar-refractivity contribution is 14.0. The zero-order valence-electron chi connectivity index (χ0n) is 17.9. The van der Waals surface area contributed by atoms with Crippen LogP contribution in [0.1, 0.15) is 42.8 Å². The second-order valence-electron chi connectivity index (χ2n) is 7.79. The Kier molecular flexibility index (Phi) is 7.58. The molecule has 1 saturated heterocycles. The van der Waals surface area contributed by atoms with Crippen molar-refractivity contribution in [2.24, 2.45) is 4.99 Å². The first-order chi connectivity index (χ1) is 14.1. The third-order valence-electron chi connectivity index (χ3n) is 5.53. The number of nitrogens with one attached hydrogen (secondary N) is 3. The van der Waals surface area contributed by atoms with E-state index in [2.05, 4.69) is 80.7 Å². The number of aliphatic imine (C=N–C) groups is 1. The molecule has 160 valence electrons. The number of aryl methyl sites for hydroxylation is 1. The van der Waals surface area contributed by atoms with E-state index in [4.69, 9.17) is 0 Å². The predicted octanol–water partition coefficient (Wildman–Crippen LogP) is 4.52. The normalized spacial score (nSPS) is 15.2. The smallest absolute Gasteiger partial charge is 0.191 e. The molecule has 2 aromatic carbocycles. The molecule has 0 amide bonds. The lowest BCUT2D eigenvalue weighted by Gasteiger charge is -2.22. The van der Waals surface area contributed by atoms with Crippen molar-refractivity contribution in [1.82, 2.24) is 20.6 Å². The quantitative estimate of drug-likeness (QED) is 0.264. The van der Waals surface area contributed by atoms with Crippen LogP contribution in [0.25, 0.3) is 11.0 Å². The van der Waals surface area contributed by atoms with E-state index in [0.29, 0.717) is 6.54 Å². The largest absolute Gasteiger partial charge is 0.372 e. The van der Waals surface area contributed by atoms with Gasteiger partial charge in [-0.1, -0.05) is 18.2 Å². The van der Waals surface area contributed by atoms with Gasteiger partial charge in [0.25, 0.3) is 0 Å². The molecule has 0 radical (unpaired) electrons. The van der Waals surface area contributed by atoms with E-state index in [9.17, 15) is 0 Å². The standard InChI is InChI=1S/C23H30N6.HI/c1-16-9-10-20-21(13-16)28-22(27-20)15-25-23(24-3)26-17(2)18-7-6-8-19(14-18)29-11-4-5-12-29;/h6-10,13-14,17H,4-5,11-12,15H2,1-3H3,(H,27,28)(H2,24,25,26);1H. The van der Waals surface area contributed by atoms with Gasteiger partial charge in [-0.05, 0) is 62.1 Å². The van der Waals surface area contributed by atoms with Gasteiger partial charge in [0, 0.05) is 25.8 Å². The lowest BCUT2D eigenvalue weighted by Crippen LogP contribution is -2.38. The Labute approximate surface area is 195 Å². The average Bonchev–Trinajstić information content (AvgIpc) is 3.40. The van der Waals surface area contributed by atoms with Gasteiger partial charge in [0.15, 0.2) is 5.96 Å². The highest BCUT2D eigenvalue weighted by Gasteiger charge is 2.14. The van der Waals surface area contributed by atoms with Crippen molar-refractivity contribution in [2.45, 2.75) is 39.3 Å². The summed E-state index contributed by atoms with van der Waals surface area (Å²) in [7, 11) is 1.80. The highest BCUT2D eigenvalue weighted by atomic mass is 127. The van der Waals surface area contributed by atoms with Gasteiger partial charge in [-0.25, -0.2) is 4.98 Å². The molecule has 30 heavy (non-hydrogen) atoms. The first kappa shape index (κ1) is 22.4. The molecular weight excluding hydrogens is 487 g/mol. The lowest BCUT2D eigenvalue weighted by atomic mass is 10.1. The van der Waals surface area contributed by atoms with Crippen molar-refractivity contribution in [3.8, 4) is 0 Å². The molecule has 0 spiro atoms. The number of imidazole rings is 1. The lowest BCUT2D eigenvalue weighted by molar-refractivity contribution is 0.680. The second kappa shape index (κ2) is 10.1. The first-order valence-electron chi connectivity index (χ1n) is 10.4. The summed E-state index contributed by atoms with van der Waals surface area (Å²) in [5.41, 5.74) is 5.85. The summed E-state index contributed by atoms with van der Waals surface area (Å²) in [6.07, 6.45) is 2.58. The minimum Gasteiger partial charge on any atom is -0.372 e. The summed E-state index contributed by atoms with van der Waals surface area (Å²) in [5, 5.41) is 6.86. The maximum Gasteiger partial charge on any atom is 0.191 e. The summed E-state index contributed by atoms with van der Waals surface area (Å²) >= 11 is 0. The molecule has 3 N–H and O–H groups in total. The van der Waals surface area contributed by atoms with Crippen LogP contribution in [-0.4, -0.2) is 36.1 Å². The third-order valence-corrected chi connectivity index (χ3v) is 5.53. The second-order valence-corrected chi connectivity index (χ2v) is 7.79. The van der Waals surface area contributed by atoms with Crippen LogP contribution < -0.4 is 15.5 Å². The fourth-order valence-electron chi connectivity index (χ4n) is 3.88. The van der Waals surface area contributed by atoms with Gasteiger partial charge in [-0.2, -0.15) is 0 Å². The van der Waals surface area contributed by atoms with Crippen molar-refractivity contribution in [2.75, 3.05) is 25.0 Å². The molecule has 1 fully saturated rings. The van der Waals surface area contributed by atoms with Crippen LogP contribution in [0.4, 0.5) is 5.69 Å². The van der Waals surface area contributed by atoms with Gasteiger partial charge >= 0.3 is 0 Å². The molecule has 1 atom stereocenters. The topological polar surface area (TPSA) is 68.3 Å². The number of benzene rings is 2. The summed E-state index contributed by atoms with van der Waals surface area (Å²) in [6, 6.07) is 15.2. The number of aromatic amines is 1. The summed E-state index contributed by atoms with van der Waals surface area (Å²) in [4.78, 5) is 14.9. The maximum absolute atomic E-state index is 4.65. The monoisotopic (exact) mass is 518 g/mol. The Morgan fingerprint density at radius 3 is 2.77 bits per heavy atom. The van der Waals surface area contributed by atoms with Crippen molar-refractivity contribution < 1.29 is 0 Å². The Morgan fingerprint density at radius 2 is 2.00 bits per heavy atom. The third kappa shape index (κ3) is 5.24. The number of aromatic nitrogens is 2. The van der Waals surface area contributed by atoms with Crippen LogP contribution >= 0.6 is 24.0 Å². The molecule has 3 aromatic rings. The average molecular weight is 518 g/mol. The highest BCUT2D eigenvalue weighted by Crippen LogP contribution is 2.24. The Balaban J connectivity index is 0.00000256. The van der Waals surface area contributed by atoms with Gasteiger partial charge in [-0.15, -0.1) is 24.0 Å². The molecule has 0 saturated carbocycles. The number of anilines is 1. The van der Waals surface area contributed by atoms with E-state index in [1.807, 2.05) is 6.07 Å². The Bertz CT molecular complexity index is 1010. The van der Waals surface area contributed by atoms with Crippen LogP contribution in [0.2, 0.25) is 0 Å². The van der Waals surface area contributed by atoms with Crippen molar-refractivity contribution >= 4 is 46.7 Å². The molecule has 1 aromatic heterocycles. The van der Waals surface area contributed by atoms with Gasteiger partial charge in [-0.3, -0.25) is 4.99 Å². The van der Waals surface area contributed by atoms with E-state index in [-0.39, 0.29) is 30.0 Å². The van der Waals surface area contributed by atoms with E-state index >= 15 is 0 Å². The number of hydrogen-bond acceptors (Lipinski definition) is 3. The minimum atomic E-state index is 0. The van der Waals surface area contributed by atoms with E-state index in [1.54, 1.807) is 7.05 Å². The van der Waals surface area contributed by atoms with Crippen LogP contribution in [-0.2, 0) is 6.54 Å². The number of rotatable bonds is 5. The van der Waals surface area contributed by atoms with Gasteiger partial charge in [0.1, 0.15) is 5.82 Å². The first-order valence-corrected chi connectivity index (χ1v) is 10.4. The zero-order valence-corrected chi connectivity index (χ0v) is 20.2. The number of guanidine groups is 1. The summed E-state index contributed by atoms with van der Waals surface area (Å²) in [6.45, 7) is 7.16.